The number of aliphatic hydroxyl groups is 1. The van der Waals surface area contributed by atoms with Gasteiger partial charge in [-0.2, -0.15) is 0 Å². The summed E-state index contributed by atoms with van der Waals surface area (Å²) in [6, 6.07) is 1.81. The molecule has 2 rings (SSSR count). The van der Waals surface area contributed by atoms with Gasteiger partial charge in [0, 0.05) is 31.5 Å². The summed E-state index contributed by atoms with van der Waals surface area (Å²) in [5.41, 5.74) is 0. The van der Waals surface area contributed by atoms with Crippen molar-refractivity contribution < 1.29 is 5.11 Å². The summed E-state index contributed by atoms with van der Waals surface area (Å²) in [5.74, 6) is 2.02. The Bertz CT molecular complexity index is 411. The Kier molecular flexibility index (Phi) is 4.40. The van der Waals surface area contributed by atoms with Crippen LogP contribution >= 0.6 is 11.6 Å². The molecular formula is C13H20ClN3O. The Balaban J connectivity index is 2.13. The first-order valence-corrected chi connectivity index (χ1v) is 6.94. The Morgan fingerprint density at radius 3 is 2.94 bits per heavy atom. The minimum Gasteiger partial charge on any atom is -0.393 e. The van der Waals surface area contributed by atoms with E-state index in [0.717, 1.165) is 44.0 Å². The van der Waals surface area contributed by atoms with Gasteiger partial charge < -0.3 is 10.0 Å². The fourth-order valence-electron chi connectivity index (χ4n) is 2.34. The van der Waals surface area contributed by atoms with Gasteiger partial charge in [-0.1, -0.05) is 18.5 Å². The molecule has 2 heterocycles. The van der Waals surface area contributed by atoms with E-state index < -0.39 is 0 Å². The molecule has 1 aromatic rings. The lowest BCUT2D eigenvalue weighted by Crippen LogP contribution is -2.25. The van der Waals surface area contributed by atoms with Crippen molar-refractivity contribution in [3.63, 3.8) is 0 Å². The monoisotopic (exact) mass is 269 g/mol. The van der Waals surface area contributed by atoms with E-state index in [-0.39, 0.29) is 6.10 Å². The molecule has 0 radical (unpaired) electrons. The van der Waals surface area contributed by atoms with Crippen LogP contribution in [0.3, 0.4) is 0 Å². The van der Waals surface area contributed by atoms with E-state index in [2.05, 4.69) is 21.8 Å². The van der Waals surface area contributed by atoms with Crippen molar-refractivity contribution in [3.05, 3.63) is 17.0 Å². The zero-order valence-corrected chi connectivity index (χ0v) is 11.7. The zero-order valence-electron chi connectivity index (χ0n) is 10.9. The molecule has 1 fully saturated rings. The first-order chi connectivity index (χ1) is 8.60. The third-order valence-electron chi connectivity index (χ3n) is 3.43. The molecule has 1 aliphatic rings. The molecule has 2 atom stereocenters. The second kappa shape index (κ2) is 5.85. The Morgan fingerprint density at radius 2 is 2.33 bits per heavy atom. The maximum absolute atomic E-state index is 9.62. The summed E-state index contributed by atoms with van der Waals surface area (Å²) < 4.78 is 0. The van der Waals surface area contributed by atoms with E-state index in [1.54, 1.807) is 0 Å². The van der Waals surface area contributed by atoms with Gasteiger partial charge in [0.2, 0.25) is 0 Å². The smallest absolute Gasteiger partial charge is 0.134 e. The van der Waals surface area contributed by atoms with Crippen LogP contribution in [0.15, 0.2) is 6.07 Å². The van der Waals surface area contributed by atoms with E-state index in [1.807, 2.05) is 13.0 Å². The largest absolute Gasteiger partial charge is 0.393 e. The number of anilines is 1. The Hall–Kier alpha value is -0.870. The molecule has 18 heavy (non-hydrogen) atoms. The third kappa shape index (κ3) is 3.12. The predicted octanol–water partition coefficient (Wildman–Crippen LogP) is 2.29. The molecule has 0 amide bonds. The number of hydrogen-bond donors (Lipinski definition) is 1. The van der Waals surface area contributed by atoms with Crippen molar-refractivity contribution in [2.24, 2.45) is 5.92 Å². The fraction of sp³-hybridized carbons (Fsp3) is 0.692. The Morgan fingerprint density at radius 1 is 1.56 bits per heavy atom. The number of hydrogen-bond acceptors (Lipinski definition) is 4. The molecule has 100 valence electrons. The second-order valence-corrected chi connectivity index (χ2v) is 5.34. The van der Waals surface area contributed by atoms with Gasteiger partial charge in [-0.25, -0.2) is 9.97 Å². The molecule has 0 saturated carbocycles. The van der Waals surface area contributed by atoms with Gasteiger partial charge in [0.15, 0.2) is 0 Å². The molecule has 4 nitrogen and oxygen atoms in total. The lowest BCUT2D eigenvalue weighted by molar-refractivity contribution is 0.136. The van der Waals surface area contributed by atoms with Gasteiger partial charge in [-0.15, -0.1) is 0 Å². The van der Waals surface area contributed by atoms with Crippen molar-refractivity contribution >= 4 is 17.4 Å². The van der Waals surface area contributed by atoms with Crippen molar-refractivity contribution in [1.29, 1.82) is 0 Å². The van der Waals surface area contributed by atoms with Gasteiger partial charge in [0.1, 0.15) is 16.8 Å². The number of aromatic nitrogens is 2. The third-order valence-corrected chi connectivity index (χ3v) is 3.63. The summed E-state index contributed by atoms with van der Waals surface area (Å²) in [5, 5.41) is 10.1. The van der Waals surface area contributed by atoms with Gasteiger partial charge in [-0.3, -0.25) is 0 Å². The van der Waals surface area contributed by atoms with Crippen LogP contribution in [0.1, 0.15) is 32.5 Å². The first kappa shape index (κ1) is 13.6. The van der Waals surface area contributed by atoms with Crippen LogP contribution in [0.5, 0.6) is 0 Å². The molecule has 2 unspecified atom stereocenters. The van der Waals surface area contributed by atoms with E-state index >= 15 is 0 Å². The van der Waals surface area contributed by atoms with Gasteiger partial charge in [-0.05, 0) is 19.8 Å². The zero-order chi connectivity index (χ0) is 13.1. The average molecular weight is 270 g/mol. The molecule has 0 aliphatic carbocycles. The highest BCUT2D eigenvalue weighted by atomic mass is 35.5. The van der Waals surface area contributed by atoms with Crippen LogP contribution < -0.4 is 4.90 Å². The molecule has 0 spiro atoms. The van der Waals surface area contributed by atoms with E-state index in [4.69, 9.17) is 11.6 Å². The summed E-state index contributed by atoms with van der Waals surface area (Å²) in [7, 11) is 0. The molecule has 1 aliphatic heterocycles. The summed E-state index contributed by atoms with van der Waals surface area (Å²) in [6.07, 6.45) is 2.60. The van der Waals surface area contributed by atoms with Crippen LogP contribution in [-0.2, 0) is 6.42 Å². The maximum Gasteiger partial charge on any atom is 0.134 e. The van der Waals surface area contributed by atoms with Gasteiger partial charge in [0.05, 0.1) is 6.10 Å². The number of halogens is 1. The molecule has 1 aromatic heterocycles. The summed E-state index contributed by atoms with van der Waals surface area (Å²) in [4.78, 5) is 11.0. The minimum atomic E-state index is -0.262. The standard InChI is InChI=1S/C13H20ClN3O/c1-3-4-12-15-11(14)7-13(16-12)17-6-5-10(8-17)9(2)18/h7,9-10,18H,3-6,8H2,1-2H3. The molecule has 5 heteroatoms. The van der Waals surface area contributed by atoms with E-state index in [1.165, 1.54) is 0 Å². The number of aliphatic hydroxyl groups excluding tert-OH is 1. The summed E-state index contributed by atoms with van der Waals surface area (Å²) in [6.45, 7) is 5.72. The van der Waals surface area contributed by atoms with E-state index in [9.17, 15) is 5.11 Å². The van der Waals surface area contributed by atoms with Gasteiger partial charge >= 0.3 is 0 Å². The minimum absolute atomic E-state index is 0.262. The van der Waals surface area contributed by atoms with E-state index in [0.29, 0.717) is 11.1 Å². The maximum atomic E-state index is 9.62. The van der Waals surface area contributed by atoms with Crippen LogP contribution in [-0.4, -0.2) is 34.3 Å². The predicted molar refractivity (Wildman–Crippen MR) is 73.0 cm³/mol. The first-order valence-electron chi connectivity index (χ1n) is 6.56. The highest BCUT2D eigenvalue weighted by Crippen LogP contribution is 2.25. The topological polar surface area (TPSA) is 49.2 Å². The van der Waals surface area contributed by atoms with Crippen LogP contribution in [0.25, 0.3) is 0 Å². The number of rotatable bonds is 4. The lowest BCUT2D eigenvalue weighted by atomic mass is 10.0. The van der Waals surface area contributed by atoms with Crippen molar-refractivity contribution in [2.75, 3.05) is 18.0 Å². The fourth-order valence-corrected chi connectivity index (χ4v) is 2.53. The summed E-state index contributed by atoms with van der Waals surface area (Å²) >= 11 is 6.04. The SMILES string of the molecule is CCCc1nc(Cl)cc(N2CCC(C(C)O)C2)n1. The van der Waals surface area contributed by atoms with Crippen molar-refractivity contribution in [3.8, 4) is 0 Å². The second-order valence-electron chi connectivity index (χ2n) is 4.95. The Labute approximate surface area is 113 Å². The van der Waals surface area contributed by atoms with Crippen LogP contribution in [0, 0.1) is 5.92 Å². The van der Waals surface area contributed by atoms with Crippen molar-refractivity contribution in [1.82, 2.24) is 9.97 Å². The average Bonchev–Trinajstić information content (AvgIpc) is 2.78. The van der Waals surface area contributed by atoms with Crippen LogP contribution in [0.4, 0.5) is 5.82 Å². The highest BCUT2D eigenvalue weighted by Gasteiger charge is 2.27. The van der Waals surface area contributed by atoms with Crippen LogP contribution in [0.2, 0.25) is 5.15 Å². The number of aryl methyl sites for hydroxylation is 1. The molecule has 0 bridgehead atoms. The molecule has 1 N–H and O–H groups in total. The lowest BCUT2D eigenvalue weighted by Gasteiger charge is -2.19. The molecular weight excluding hydrogens is 250 g/mol. The quantitative estimate of drug-likeness (QED) is 0.852. The van der Waals surface area contributed by atoms with Crippen molar-refractivity contribution in [2.45, 2.75) is 39.2 Å². The number of nitrogens with zero attached hydrogens (tertiary/aromatic N) is 3. The molecule has 1 saturated heterocycles. The normalized spacial score (nSPS) is 21.3. The highest BCUT2D eigenvalue weighted by molar-refractivity contribution is 6.29. The van der Waals surface area contributed by atoms with Gasteiger partial charge in [0.25, 0.3) is 0 Å². The molecule has 0 aromatic carbocycles.